The van der Waals surface area contributed by atoms with Crippen LogP contribution in [-0.2, 0) is 4.79 Å². The zero-order chi connectivity index (χ0) is 20.8. The first-order chi connectivity index (χ1) is 13.8. The molecule has 0 amide bonds. The van der Waals surface area contributed by atoms with E-state index in [-0.39, 0.29) is 29.5 Å². The van der Waals surface area contributed by atoms with E-state index in [4.69, 9.17) is 5.11 Å². The maximum atomic E-state index is 12.4. The number of Topliss-reactive ketones (excluding diaryl/α,β-unsaturated/α-hetero) is 1. The van der Waals surface area contributed by atoms with Gasteiger partial charge in [-0.25, -0.2) is 0 Å². The Balaban J connectivity index is 1.65. The molecule has 2 unspecified atom stereocenters. The molecule has 0 aromatic carbocycles. The molecule has 4 aliphatic rings. The van der Waals surface area contributed by atoms with Gasteiger partial charge in [-0.1, -0.05) is 19.8 Å². The molecule has 0 bridgehead atoms. The molecular weight excluding hydrogens is 360 g/mol. The van der Waals surface area contributed by atoms with Gasteiger partial charge < -0.3 is 10.2 Å². The van der Waals surface area contributed by atoms with Crippen LogP contribution in [0.2, 0.25) is 0 Å². The molecule has 0 aromatic heterocycles. The van der Waals surface area contributed by atoms with Gasteiger partial charge in [-0.3, -0.25) is 4.79 Å². The summed E-state index contributed by atoms with van der Waals surface area (Å²) in [6, 6.07) is 0. The van der Waals surface area contributed by atoms with Gasteiger partial charge in [0.05, 0.1) is 6.10 Å². The van der Waals surface area contributed by atoms with E-state index in [1.54, 1.807) is 6.92 Å². The summed E-state index contributed by atoms with van der Waals surface area (Å²) >= 11 is 0. The number of ketones is 1. The first-order valence-electron chi connectivity index (χ1n) is 12.1. The van der Waals surface area contributed by atoms with Gasteiger partial charge in [0.15, 0.2) is 0 Å². The third-order valence-electron chi connectivity index (χ3n) is 9.92. The number of carbonyl (C=O) groups excluding carboxylic acids is 1. The highest BCUT2D eigenvalue weighted by Gasteiger charge is 2.62. The molecule has 0 saturated heterocycles. The Labute approximate surface area is 177 Å². The fourth-order valence-electron chi connectivity index (χ4n) is 8.52. The highest BCUT2D eigenvalue weighted by atomic mass is 16.3. The maximum absolute atomic E-state index is 12.4. The van der Waals surface area contributed by atoms with E-state index in [1.807, 2.05) is 0 Å². The summed E-state index contributed by atoms with van der Waals surface area (Å²) in [6.07, 6.45) is 10.2. The van der Waals surface area contributed by atoms with Crippen LogP contribution in [-0.4, -0.2) is 28.7 Å². The molecule has 0 aromatic rings. The van der Waals surface area contributed by atoms with Gasteiger partial charge >= 0.3 is 0 Å². The van der Waals surface area contributed by atoms with Crippen LogP contribution in [0.3, 0.4) is 0 Å². The molecule has 4 rings (SSSR count). The summed E-state index contributed by atoms with van der Waals surface area (Å²) in [6.45, 7) is 6.92. The predicted molar refractivity (Wildman–Crippen MR) is 115 cm³/mol. The summed E-state index contributed by atoms with van der Waals surface area (Å²) in [7, 11) is 0. The number of hydrogen-bond donors (Lipinski definition) is 2. The Kier molecular flexibility index (Phi) is 5.91. The summed E-state index contributed by atoms with van der Waals surface area (Å²) < 4.78 is 0. The fourth-order valence-corrected chi connectivity index (χ4v) is 8.52. The Morgan fingerprint density at radius 2 is 1.72 bits per heavy atom. The van der Waals surface area contributed by atoms with Crippen molar-refractivity contribution in [2.24, 2.45) is 46.3 Å². The monoisotopic (exact) mass is 400 g/mol. The number of rotatable bonds is 3. The minimum atomic E-state index is -0.172. The molecule has 0 radical (unpaired) electrons. The van der Waals surface area contributed by atoms with Crippen molar-refractivity contribution in [3.05, 3.63) is 0 Å². The summed E-state index contributed by atoms with van der Waals surface area (Å²) in [5, 5.41) is 19.5. The molecule has 29 heavy (non-hydrogen) atoms. The molecular formula is C26H40O3. The van der Waals surface area contributed by atoms with Gasteiger partial charge in [-0.15, -0.1) is 5.92 Å². The van der Waals surface area contributed by atoms with E-state index >= 15 is 0 Å². The maximum Gasteiger partial charge on any atom is 0.133 e. The van der Waals surface area contributed by atoms with Gasteiger partial charge in [0.1, 0.15) is 5.78 Å². The Hall–Kier alpha value is -0.850. The number of fused-ring (bicyclic) bond motifs is 5. The molecule has 3 heteroatoms. The second-order valence-electron chi connectivity index (χ2n) is 11.2. The molecule has 4 fully saturated rings. The summed E-state index contributed by atoms with van der Waals surface area (Å²) in [5.74, 6) is 10.5. The minimum Gasteiger partial charge on any atom is -0.396 e. The molecule has 0 spiro atoms. The predicted octanol–water partition coefficient (Wildman–Crippen LogP) is 4.60. The third-order valence-corrected chi connectivity index (χ3v) is 9.92. The number of aliphatic hydroxyl groups is 2. The van der Waals surface area contributed by atoms with E-state index in [1.165, 1.54) is 19.3 Å². The molecule has 4 aliphatic carbocycles. The van der Waals surface area contributed by atoms with E-state index < -0.39 is 0 Å². The number of carbonyl (C=O) groups is 1. The lowest BCUT2D eigenvalue weighted by atomic mass is 9.42. The van der Waals surface area contributed by atoms with E-state index in [0.717, 1.165) is 50.9 Å². The molecule has 2 N–H and O–H groups in total. The smallest absolute Gasteiger partial charge is 0.133 e. The second-order valence-corrected chi connectivity index (χ2v) is 11.2. The molecule has 3 nitrogen and oxygen atoms in total. The average Bonchev–Trinajstić information content (AvgIpc) is 3.04. The largest absolute Gasteiger partial charge is 0.396 e. The Morgan fingerprint density at radius 1 is 1.00 bits per heavy atom. The van der Waals surface area contributed by atoms with Crippen molar-refractivity contribution in [2.45, 2.75) is 91.1 Å². The summed E-state index contributed by atoms with van der Waals surface area (Å²) in [4.78, 5) is 12.4. The number of hydrogen-bond acceptors (Lipinski definition) is 3. The van der Waals surface area contributed by atoms with Crippen molar-refractivity contribution in [1.82, 2.24) is 0 Å². The summed E-state index contributed by atoms with van der Waals surface area (Å²) in [5.41, 5.74) is 0.452. The van der Waals surface area contributed by atoms with Crippen LogP contribution in [0.25, 0.3) is 0 Å². The van der Waals surface area contributed by atoms with Crippen molar-refractivity contribution in [3.63, 3.8) is 0 Å². The van der Waals surface area contributed by atoms with Crippen molar-refractivity contribution in [1.29, 1.82) is 0 Å². The van der Waals surface area contributed by atoms with Crippen molar-refractivity contribution >= 4 is 5.78 Å². The molecule has 0 heterocycles. The van der Waals surface area contributed by atoms with Crippen LogP contribution in [0.15, 0.2) is 0 Å². The zero-order valence-electron chi connectivity index (χ0n) is 18.6. The molecule has 162 valence electrons. The lowest BCUT2D eigenvalue weighted by Gasteiger charge is -2.62. The van der Waals surface area contributed by atoms with Crippen molar-refractivity contribution in [2.75, 3.05) is 6.61 Å². The van der Waals surface area contributed by atoms with Crippen LogP contribution >= 0.6 is 0 Å². The first-order valence-corrected chi connectivity index (χ1v) is 12.1. The van der Waals surface area contributed by atoms with Crippen molar-refractivity contribution in [3.8, 4) is 11.8 Å². The Morgan fingerprint density at radius 3 is 2.45 bits per heavy atom. The lowest BCUT2D eigenvalue weighted by molar-refractivity contribution is -0.146. The normalized spacial score (nSPS) is 48.7. The fraction of sp³-hybridized carbons (Fsp3) is 0.885. The number of unbranched alkanes of at least 4 members (excludes halogenated alkanes) is 1. The minimum absolute atomic E-state index is 0.172. The average molecular weight is 401 g/mol. The lowest BCUT2D eigenvalue weighted by Crippen LogP contribution is -2.56. The van der Waals surface area contributed by atoms with Crippen molar-refractivity contribution < 1.29 is 15.0 Å². The van der Waals surface area contributed by atoms with Gasteiger partial charge in [0, 0.05) is 24.9 Å². The van der Waals surface area contributed by atoms with Crippen LogP contribution in [0.4, 0.5) is 0 Å². The quantitative estimate of drug-likeness (QED) is 0.538. The van der Waals surface area contributed by atoms with E-state index in [2.05, 4.69) is 25.7 Å². The second kappa shape index (κ2) is 8.01. The first kappa shape index (κ1) is 21.4. The van der Waals surface area contributed by atoms with Gasteiger partial charge in [0.2, 0.25) is 0 Å². The molecule has 9 atom stereocenters. The molecule has 0 aliphatic heterocycles. The van der Waals surface area contributed by atoms with Gasteiger partial charge in [-0.2, -0.15) is 0 Å². The van der Waals surface area contributed by atoms with E-state index in [0.29, 0.717) is 29.5 Å². The van der Waals surface area contributed by atoms with E-state index in [9.17, 15) is 9.90 Å². The standard InChI is InChI=1S/C26H40O3/c1-17(28)21-8-9-22-20-15-18(7-5-4-6-14-27)24-16-19(29)10-12-26(24,3)23(20)11-13-25(21,22)2/h18-24,27,29H,4,6,8-16H2,1-3H3/t18?,19-,20-,21+,22-,23-,24?,25+,26+/m0/s1. The SMILES string of the molecule is CC(=O)[C@H]1CC[C@H]2[C@@H]3CC(C#CCCCO)C4C[C@@H](O)CC[C@]4(C)[C@H]3CC[C@]12C. The van der Waals surface area contributed by atoms with Crippen LogP contribution < -0.4 is 0 Å². The van der Waals surface area contributed by atoms with Crippen LogP contribution in [0, 0.1) is 58.2 Å². The van der Waals surface area contributed by atoms with Crippen LogP contribution in [0.1, 0.15) is 85.0 Å². The van der Waals surface area contributed by atoms with Gasteiger partial charge in [0.25, 0.3) is 0 Å². The highest BCUT2D eigenvalue weighted by Crippen LogP contribution is 2.68. The zero-order valence-corrected chi connectivity index (χ0v) is 18.6. The van der Waals surface area contributed by atoms with Gasteiger partial charge in [-0.05, 0) is 99.2 Å². The van der Waals surface area contributed by atoms with Crippen LogP contribution in [0.5, 0.6) is 0 Å². The Bertz CT molecular complexity index is 690. The topological polar surface area (TPSA) is 57.5 Å². The molecule has 4 saturated carbocycles. The highest BCUT2D eigenvalue weighted by molar-refractivity contribution is 5.79. The third kappa shape index (κ3) is 3.49. The number of aliphatic hydroxyl groups excluding tert-OH is 2.